The van der Waals surface area contributed by atoms with E-state index in [0.29, 0.717) is 6.42 Å². The minimum Gasteiger partial charge on any atom is -0.393 e. The lowest BCUT2D eigenvalue weighted by molar-refractivity contribution is -0.169. The minimum atomic E-state index is -0.393. The lowest BCUT2D eigenvalue weighted by atomic mass is 9.91. The fourth-order valence-electron chi connectivity index (χ4n) is 0.919. The highest BCUT2D eigenvalue weighted by atomic mass is 16.6. The second kappa shape index (κ2) is 2.40. The van der Waals surface area contributed by atoms with Crippen LogP contribution in [-0.4, -0.2) is 11.9 Å². The molecule has 1 saturated heterocycles. The maximum Gasteiger partial charge on any atom is 0.316 e. The van der Waals surface area contributed by atoms with Gasteiger partial charge in [0.25, 0.3) is 0 Å². The van der Waals surface area contributed by atoms with Gasteiger partial charge in [-0.15, -0.1) is 0 Å². The SMILES string of the molecule is C[C@@H]1CC(=O)OC(=O)[C@H]1C. The molecule has 3 nitrogen and oxygen atoms in total. The van der Waals surface area contributed by atoms with E-state index < -0.39 is 5.97 Å². The molecule has 0 unspecified atom stereocenters. The number of carbonyl (C=O) groups is 2. The molecule has 3 heteroatoms. The van der Waals surface area contributed by atoms with Crippen LogP contribution in [0.2, 0.25) is 0 Å². The molecule has 0 spiro atoms. The van der Waals surface area contributed by atoms with Crippen LogP contribution in [0.3, 0.4) is 0 Å². The Kier molecular flexibility index (Phi) is 1.74. The van der Waals surface area contributed by atoms with Gasteiger partial charge >= 0.3 is 11.9 Å². The van der Waals surface area contributed by atoms with Gasteiger partial charge in [-0.2, -0.15) is 0 Å². The summed E-state index contributed by atoms with van der Waals surface area (Å²) in [6.07, 6.45) is 0.368. The summed E-state index contributed by atoms with van der Waals surface area (Å²) in [5.41, 5.74) is 0. The van der Waals surface area contributed by atoms with Gasteiger partial charge in [-0.3, -0.25) is 9.59 Å². The van der Waals surface area contributed by atoms with Crippen molar-refractivity contribution in [2.75, 3.05) is 0 Å². The van der Waals surface area contributed by atoms with Crippen LogP contribution >= 0.6 is 0 Å². The fraction of sp³-hybridized carbons (Fsp3) is 0.714. The molecule has 10 heavy (non-hydrogen) atoms. The maximum absolute atomic E-state index is 10.8. The van der Waals surface area contributed by atoms with Gasteiger partial charge in [-0.1, -0.05) is 13.8 Å². The summed E-state index contributed by atoms with van der Waals surface area (Å²) >= 11 is 0. The topological polar surface area (TPSA) is 43.4 Å². The molecule has 0 bridgehead atoms. The molecule has 0 aromatic carbocycles. The summed E-state index contributed by atoms with van der Waals surface area (Å²) < 4.78 is 4.39. The van der Waals surface area contributed by atoms with Crippen LogP contribution in [0.25, 0.3) is 0 Å². The van der Waals surface area contributed by atoms with Gasteiger partial charge in [0.2, 0.25) is 0 Å². The highest BCUT2D eigenvalue weighted by molar-refractivity contribution is 5.89. The Hall–Kier alpha value is -0.860. The van der Waals surface area contributed by atoms with Crippen molar-refractivity contribution in [2.45, 2.75) is 20.3 Å². The summed E-state index contributed by atoms with van der Waals surface area (Å²) in [4.78, 5) is 21.4. The van der Waals surface area contributed by atoms with Gasteiger partial charge in [-0.05, 0) is 5.92 Å². The van der Waals surface area contributed by atoms with E-state index >= 15 is 0 Å². The number of esters is 2. The molecule has 1 aliphatic heterocycles. The van der Waals surface area contributed by atoms with Crippen molar-refractivity contribution in [1.29, 1.82) is 0 Å². The third-order valence-electron chi connectivity index (χ3n) is 1.93. The molecule has 0 radical (unpaired) electrons. The monoisotopic (exact) mass is 142 g/mol. The number of carbonyl (C=O) groups excluding carboxylic acids is 2. The maximum atomic E-state index is 10.8. The van der Waals surface area contributed by atoms with Gasteiger partial charge in [0.1, 0.15) is 0 Å². The molecule has 0 N–H and O–H groups in total. The molecule has 56 valence electrons. The van der Waals surface area contributed by atoms with E-state index in [9.17, 15) is 9.59 Å². The fourth-order valence-corrected chi connectivity index (χ4v) is 0.919. The first-order chi connectivity index (χ1) is 4.61. The second-order valence-electron chi connectivity index (χ2n) is 2.76. The van der Waals surface area contributed by atoms with Gasteiger partial charge in [0, 0.05) is 6.42 Å². The van der Waals surface area contributed by atoms with Crippen molar-refractivity contribution >= 4 is 11.9 Å². The number of hydrogen-bond donors (Lipinski definition) is 0. The van der Waals surface area contributed by atoms with Crippen LogP contribution in [0.5, 0.6) is 0 Å². The zero-order valence-electron chi connectivity index (χ0n) is 6.09. The third kappa shape index (κ3) is 1.17. The van der Waals surface area contributed by atoms with Crippen molar-refractivity contribution in [3.05, 3.63) is 0 Å². The summed E-state index contributed by atoms with van der Waals surface area (Å²) in [6.45, 7) is 3.66. The first kappa shape index (κ1) is 7.25. The molecule has 0 aromatic rings. The van der Waals surface area contributed by atoms with Crippen LogP contribution < -0.4 is 0 Å². The van der Waals surface area contributed by atoms with Crippen molar-refractivity contribution in [3.8, 4) is 0 Å². The zero-order valence-corrected chi connectivity index (χ0v) is 6.09. The Labute approximate surface area is 59.4 Å². The second-order valence-corrected chi connectivity index (χ2v) is 2.76. The number of ether oxygens (including phenoxy) is 1. The number of rotatable bonds is 0. The Morgan fingerprint density at radius 3 is 2.50 bits per heavy atom. The quantitative estimate of drug-likeness (QED) is 0.370. The lowest BCUT2D eigenvalue weighted by Gasteiger charge is -2.21. The first-order valence-corrected chi connectivity index (χ1v) is 3.36. The van der Waals surface area contributed by atoms with E-state index in [1.807, 2.05) is 6.92 Å². The van der Waals surface area contributed by atoms with Crippen LogP contribution in [-0.2, 0) is 14.3 Å². The Morgan fingerprint density at radius 1 is 1.40 bits per heavy atom. The van der Waals surface area contributed by atoms with E-state index in [0.717, 1.165) is 0 Å². The van der Waals surface area contributed by atoms with Crippen molar-refractivity contribution in [2.24, 2.45) is 11.8 Å². The molecule has 0 aliphatic carbocycles. The standard InChI is InChI=1S/C7H10O3/c1-4-3-6(8)10-7(9)5(4)2/h4-5H,3H2,1-2H3/t4-,5+/m1/s1. The molecule has 1 heterocycles. The minimum absolute atomic E-state index is 0.127. The average molecular weight is 142 g/mol. The summed E-state index contributed by atoms with van der Waals surface area (Å²) in [7, 11) is 0. The van der Waals surface area contributed by atoms with E-state index in [1.165, 1.54) is 0 Å². The van der Waals surface area contributed by atoms with Gasteiger partial charge in [0.15, 0.2) is 0 Å². The predicted octanol–water partition coefficient (Wildman–Crippen LogP) is 0.732. The molecular formula is C7H10O3. The molecule has 1 rings (SSSR count). The van der Waals surface area contributed by atoms with Crippen LogP contribution in [0.1, 0.15) is 20.3 Å². The van der Waals surface area contributed by atoms with Crippen LogP contribution in [0, 0.1) is 11.8 Å². The van der Waals surface area contributed by atoms with Crippen molar-refractivity contribution < 1.29 is 14.3 Å². The molecule has 1 fully saturated rings. The largest absolute Gasteiger partial charge is 0.393 e. The van der Waals surface area contributed by atoms with E-state index in [1.54, 1.807) is 6.92 Å². The highest BCUT2D eigenvalue weighted by Crippen LogP contribution is 2.21. The smallest absolute Gasteiger partial charge is 0.316 e. The molecular weight excluding hydrogens is 132 g/mol. The van der Waals surface area contributed by atoms with E-state index in [2.05, 4.69) is 4.74 Å². The normalized spacial score (nSPS) is 33.8. The van der Waals surface area contributed by atoms with Crippen molar-refractivity contribution in [3.63, 3.8) is 0 Å². The van der Waals surface area contributed by atoms with Gasteiger partial charge < -0.3 is 4.74 Å². The number of cyclic esters (lactones) is 2. The predicted molar refractivity (Wildman–Crippen MR) is 34.0 cm³/mol. The highest BCUT2D eigenvalue weighted by Gasteiger charge is 2.31. The van der Waals surface area contributed by atoms with Gasteiger partial charge in [0.05, 0.1) is 5.92 Å². The summed E-state index contributed by atoms with van der Waals surface area (Å²) in [5.74, 6) is -0.772. The molecule has 0 amide bonds. The lowest BCUT2D eigenvalue weighted by Crippen LogP contribution is -2.31. The Bertz CT molecular complexity index is 174. The Morgan fingerprint density at radius 2 is 2.00 bits per heavy atom. The zero-order chi connectivity index (χ0) is 7.72. The number of hydrogen-bond acceptors (Lipinski definition) is 3. The third-order valence-corrected chi connectivity index (χ3v) is 1.93. The molecule has 0 saturated carbocycles. The summed E-state index contributed by atoms with van der Waals surface area (Å²) in [6, 6.07) is 0. The van der Waals surface area contributed by atoms with E-state index in [-0.39, 0.29) is 17.8 Å². The van der Waals surface area contributed by atoms with E-state index in [4.69, 9.17) is 0 Å². The summed E-state index contributed by atoms with van der Waals surface area (Å²) in [5, 5.41) is 0. The molecule has 0 aromatic heterocycles. The van der Waals surface area contributed by atoms with Crippen LogP contribution in [0.4, 0.5) is 0 Å². The molecule has 2 atom stereocenters. The first-order valence-electron chi connectivity index (χ1n) is 3.36. The Balaban J connectivity index is 2.66. The molecule has 1 aliphatic rings. The van der Waals surface area contributed by atoms with Crippen molar-refractivity contribution in [1.82, 2.24) is 0 Å². The average Bonchev–Trinajstić information content (AvgIpc) is 1.82. The van der Waals surface area contributed by atoms with Crippen LogP contribution in [0.15, 0.2) is 0 Å². The van der Waals surface area contributed by atoms with Gasteiger partial charge in [-0.25, -0.2) is 0 Å².